The van der Waals surface area contributed by atoms with Crippen LogP contribution in [0.25, 0.3) is 0 Å². The first-order valence-electron chi connectivity index (χ1n) is 7.90. The van der Waals surface area contributed by atoms with Gasteiger partial charge in [0, 0.05) is 58.0 Å². The fraction of sp³-hybridized carbons (Fsp3) is 0.643. The Bertz CT molecular complexity index is 849. The predicted molar refractivity (Wildman–Crippen MR) is 91.5 cm³/mol. The van der Waals surface area contributed by atoms with Gasteiger partial charge in [0.25, 0.3) is 15.8 Å². The number of rotatable bonds is 5. The zero-order valence-corrected chi connectivity index (χ0v) is 15.4. The van der Waals surface area contributed by atoms with Crippen molar-refractivity contribution in [1.82, 2.24) is 23.5 Å². The summed E-state index contributed by atoms with van der Waals surface area (Å²) >= 11 is 0. The van der Waals surface area contributed by atoms with Gasteiger partial charge in [-0.1, -0.05) is 0 Å². The number of carbonyl (C=O) groups excluding carboxylic acids is 1. The fourth-order valence-electron chi connectivity index (χ4n) is 2.72. The first-order valence-corrected chi connectivity index (χ1v) is 9.30. The fourth-order valence-corrected chi connectivity index (χ4v) is 3.80. The molecule has 0 aliphatic carbocycles. The minimum atomic E-state index is -3.47. The lowest BCUT2D eigenvalue weighted by molar-refractivity contribution is -0.132. The molecule has 1 aliphatic rings. The van der Waals surface area contributed by atoms with Gasteiger partial charge < -0.3 is 9.88 Å². The van der Waals surface area contributed by atoms with Crippen molar-refractivity contribution in [3.8, 4) is 0 Å². The van der Waals surface area contributed by atoms with Gasteiger partial charge in [0.15, 0.2) is 0 Å². The molecule has 25 heavy (non-hydrogen) atoms. The summed E-state index contributed by atoms with van der Waals surface area (Å²) in [6.45, 7) is 2.72. The van der Waals surface area contributed by atoms with Gasteiger partial charge in [0.1, 0.15) is 0 Å². The summed E-state index contributed by atoms with van der Waals surface area (Å²) in [6.07, 6.45) is 0.337. The second-order valence-electron chi connectivity index (χ2n) is 6.08. The smallest absolute Gasteiger partial charge is 0.325 e. The van der Waals surface area contributed by atoms with Gasteiger partial charge in [-0.05, 0) is 13.3 Å². The molecule has 0 aromatic carbocycles. The molecule has 2 rings (SSSR count). The molecule has 1 fully saturated rings. The molecule has 1 aromatic rings. The van der Waals surface area contributed by atoms with Crippen molar-refractivity contribution in [2.45, 2.75) is 19.8 Å². The second-order valence-corrected chi connectivity index (χ2v) is 8.22. The highest BCUT2D eigenvalue weighted by atomic mass is 32.2. The van der Waals surface area contributed by atoms with Crippen molar-refractivity contribution in [2.75, 3.05) is 40.3 Å². The first kappa shape index (κ1) is 19.3. The van der Waals surface area contributed by atoms with Crippen LogP contribution in [0.4, 0.5) is 0 Å². The van der Waals surface area contributed by atoms with E-state index < -0.39 is 21.5 Å². The molecule has 0 spiro atoms. The van der Waals surface area contributed by atoms with Gasteiger partial charge in [-0.2, -0.15) is 17.0 Å². The maximum absolute atomic E-state index is 12.3. The molecule has 1 aliphatic heterocycles. The molecule has 0 bridgehead atoms. The van der Waals surface area contributed by atoms with Crippen molar-refractivity contribution in [3.63, 3.8) is 0 Å². The maximum atomic E-state index is 12.3. The number of hydrogen-bond donors (Lipinski definition) is 2. The summed E-state index contributed by atoms with van der Waals surface area (Å²) in [4.78, 5) is 41.5. The number of aromatic nitrogens is 2. The number of nitrogens with one attached hydrogen (secondary N) is 2. The molecule has 11 heteroatoms. The van der Waals surface area contributed by atoms with Gasteiger partial charge in [0.2, 0.25) is 5.91 Å². The van der Waals surface area contributed by atoms with E-state index in [4.69, 9.17) is 0 Å². The molecular weight excluding hydrogens is 350 g/mol. The molecule has 0 radical (unpaired) electrons. The van der Waals surface area contributed by atoms with Crippen LogP contribution in [0.3, 0.4) is 0 Å². The zero-order chi connectivity index (χ0) is 18.8. The highest BCUT2D eigenvalue weighted by Crippen LogP contribution is 2.11. The monoisotopic (exact) mass is 373 g/mol. The third-order valence-corrected chi connectivity index (χ3v) is 6.16. The Labute approximate surface area is 145 Å². The number of hydrogen-bond acceptors (Lipinski definition) is 5. The molecular formula is C14H23N5O5S. The van der Waals surface area contributed by atoms with E-state index in [1.54, 1.807) is 11.8 Å². The summed E-state index contributed by atoms with van der Waals surface area (Å²) in [5, 5.41) is 0. The average molecular weight is 373 g/mol. The third-order valence-electron chi connectivity index (χ3n) is 4.22. The molecule has 2 N–H and O–H groups in total. The minimum absolute atomic E-state index is 0.121. The van der Waals surface area contributed by atoms with Crippen molar-refractivity contribution in [2.24, 2.45) is 0 Å². The molecule has 1 saturated heterocycles. The van der Waals surface area contributed by atoms with Crippen molar-refractivity contribution >= 4 is 16.1 Å². The SMILES string of the molecule is Cc1[nH]c(=O)[nH]c(=O)c1CCC(=O)N1CCN(S(=O)(=O)N(C)C)CC1. The lowest BCUT2D eigenvalue weighted by Crippen LogP contribution is -2.53. The van der Waals surface area contributed by atoms with Crippen LogP contribution in [0.15, 0.2) is 9.59 Å². The molecule has 140 valence electrons. The number of carbonyl (C=O) groups is 1. The van der Waals surface area contributed by atoms with Crippen LogP contribution >= 0.6 is 0 Å². The standard InChI is InChI=1S/C14H23N5O5S/c1-10-11(13(21)16-14(22)15-10)4-5-12(20)18-6-8-19(9-7-18)25(23,24)17(2)3/h4-9H2,1-3H3,(H2,15,16,21,22). The highest BCUT2D eigenvalue weighted by Gasteiger charge is 2.30. The Balaban J connectivity index is 1.94. The Kier molecular flexibility index (Phi) is 5.80. The molecule has 1 aromatic heterocycles. The zero-order valence-electron chi connectivity index (χ0n) is 14.5. The predicted octanol–water partition coefficient (Wildman–Crippen LogP) is -1.75. The van der Waals surface area contributed by atoms with Crippen LogP contribution in [-0.2, 0) is 21.4 Å². The van der Waals surface area contributed by atoms with Crippen LogP contribution in [0.5, 0.6) is 0 Å². The molecule has 0 unspecified atom stereocenters. The lowest BCUT2D eigenvalue weighted by Gasteiger charge is -2.35. The first-order chi connectivity index (χ1) is 11.6. The number of amides is 1. The minimum Gasteiger partial charge on any atom is -0.340 e. The quantitative estimate of drug-likeness (QED) is 0.633. The Morgan fingerprint density at radius 1 is 1.12 bits per heavy atom. The van der Waals surface area contributed by atoms with Crippen LogP contribution in [0.2, 0.25) is 0 Å². The van der Waals surface area contributed by atoms with Gasteiger partial charge >= 0.3 is 5.69 Å². The van der Waals surface area contributed by atoms with Crippen LogP contribution in [0, 0.1) is 6.92 Å². The summed E-state index contributed by atoms with van der Waals surface area (Å²) in [5.74, 6) is -0.146. The number of piperazine rings is 1. The number of nitrogens with zero attached hydrogens (tertiary/aromatic N) is 3. The number of aromatic amines is 2. The van der Waals surface area contributed by atoms with Crippen LogP contribution < -0.4 is 11.2 Å². The van der Waals surface area contributed by atoms with Crippen molar-refractivity contribution < 1.29 is 13.2 Å². The molecule has 1 amide bonds. The summed E-state index contributed by atoms with van der Waals surface area (Å²) in [6, 6.07) is 0. The van der Waals surface area contributed by atoms with E-state index in [-0.39, 0.29) is 31.8 Å². The van der Waals surface area contributed by atoms with Crippen molar-refractivity contribution in [1.29, 1.82) is 0 Å². The molecule has 0 saturated carbocycles. The highest BCUT2D eigenvalue weighted by molar-refractivity contribution is 7.86. The Hall–Kier alpha value is -1.98. The van der Waals surface area contributed by atoms with E-state index in [0.29, 0.717) is 24.3 Å². The number of aryl methyl sites for hydroxylation is 1. The second kappa shape index (κ2) is 7.50. The average Bonchev–Trinajstić information content (AvgIpc) is 2.53. The topological polar surface area (TPSA) is 127 Å². The van der Waals surface area contributed by atoms with Gasteiger partial charge in [-0.25, -0.2) is 4.79 Å². The maximum Gasteiger partial charge on any atom is 0.325 e. The van der Waals surface area contributed by atoms with E-state index in [1.165, 1.54) is 18.4 Å². The number of H-pyrrole nitrogens is 2. The van der Waals surface area contributed by atoms with Gasteiger partial charge in [0.05, 0.1) is 0 Å². The largest absolute Gasteiger partial charge is 0.340 e. The van der Waals surface area contributed by atoms with Crippen molar-refractivity contribution in [3.05, 3.63) is 32.1 Å². The molecule has 10 nitrogen and oxygen atoms in total. The Morgan fingerprint density at radius 2 is 1.72 bits per heavy atom. The van der Waals surface area contributed by atoms with Gasteiger partial charge in [-0.3, -0.25) is 14.6 Å². The van der Waals surface area contributed by atoms with E-state index >= 15 is 0 Å². The third kappa shape index (κ3) is 4.35. The van der Waals surface area contributed by atoms with Gasteiger partial charge in [-0.15, -0.1) is 0 Å². The lowest BCUT2D eigenvalue weighted by atomic mass is 10.1. The van der Waals surface area contributed by atoms with Crippen LogP contribution in [0.1, 0.15) is 17.7 Å². The summed E-state index contributed by atoms with van der Waals surface area (Å²) in [7, 11) is -0.532. The van der Waals surface area contributed by atoms with E-state index in [9.17, 15) is 22.8 Å². The van der Waals surface area contributed by atoms with Crippen LogP contribution in [-0.4, -0.2) is 78.1 Å². The Morgan fingerprint density at radius 3 is 2.24 bits per heavy atom. The summed E-state index contributed by atoms with van der Waals surface area (Å²) in [5.41, 5.74) is -0.239. The molecule has 0 atom stereocenters. The normalized spacial score (nSPS) is 16.4. The summed E-state index contributed by atoms with van der Waals surface area (Å²) < 4.78 is 26.6. The van der Waals surface area contributed by atoms with E-state index in [2.05, 4.69) is 9.97 Å². The van der Waals surface area contributed by atoms with E-state index in [0.717, 1.165) is 4.31 Å². The molecule has 2 heterocycles. The van der Waals surface area contributed by atoms with E-state index in [1.807, 2.05) is 0 Å².